The second-order valence-electron chi connectivity index (χ2n) is 15.5. The largest absolute Gasteiger partial charge is 0.790 e. The number of aliphatic hydroxyl groups excluding tert-OH is 2. The Morgan fingerprint density at radius 2 is 1.60 bits per heavy atom. The van der Waals surface area contributed by atoms with Gasteiger partial charge in [0.1, 0.15) is 36.3 Å². The van der Waals surface area contributed by atoms with Crippen LogP contribution in [-0.4, -0.2) is 103 Å². The van der Waals surface area contributed by atoms with Crippen LogP contribution in [0.1, 0.15) is 97.6 Å². The SMILES string of the molecule is CCCC/C=C\CCCCCCC/C=C/C(=O)SCCNC(=O)CCNC(=O)[C@H](O)C(C)(C)COP(=O)([O-])OP(=O)([O-])OC[C@H]1O[C@@H](n2cnc3c(N)ncnc32)[C@H](O)[C@@H]1OP(=O)([O-])[O-]. The van der Waals surface area contributed by atoms with Crippen LogP contribution >= 0.6 is 35.2 Å². The molecule has 65 heavy (non-hydrogen) atoms. The Labute approximate surface area is 381 Å². The van der Waals surface area contributed by atoms with E-state index in [1.807, 2.05) is 6.08 Å². The molecular weight excluding hydrogens is 939 g/mol. The molecule has 28 heteroatoms. The number of thioether (sulfide) groups is 1. The lowest BCUT2D eigenvalue weighted by atomic mass is 9.87. The number of rotatable bonds is 31. The van der Waals surface area contributed by atoms with E-state index >= 15 is 0 Å². The zero-order chi connectivity index (χ0) is 48.3. The summed E-state index contributed by atoms with van der Waals surface area (Å²) in [5, 5.41) is 26.2. The van der Waals surface area contributed by atoms with Crippen molar-refractivity contribution in [1.29, 1.82) is 0 Å². The number of amides is 2. The Morgan fingerprint density at radius 1 is 0.954 bits per heavy atom. The smallest absolute Gasteiger partial charge is 0.274 e. The van der Waals surface area contributed by atoms with Crippen molar-refractivity contribution in [3.8, 4) is 0 Å². The lowest BCUT2D eigenvalue weighted by Crippen LogP contribution is -2.46. The molecule has 0 aromatic carbocycles. The van der Waals surface area contributed by atoms with Crippen molar-refractivity contribution < 1.29 is 80.5 Å². The number of ether oxygens (including phenoxy) is 1. The Kier molecular flexibility index (Phi) is 23.5. The van der Waals surface area contributed by atoms with Crippen molar-refractivity contribution in [3.63, 3.8) is 0 Å². The Morgan fingerprint density at radius 3 is 2.28 bits per heavy atom. The molecule has 2 amide bonds. The third kappa shape index (κ3) is 20.4. The minimum Gasteiger partial charge on any atom is -0.790 e. The van der Waals surface area contributed by atoms with Crippen LogP contribution in [0, 0.1) is 5.41 Å². The van der Waals surface area contributed by atoms with Crippen LogP contribution in [-0.2, 0) is 50.7 Å². The zero-order valence-electron chi connectivity index (χ0n) is 36.3. The van der Waals surface area contributed by atoms with Gasteiger partial charge in [0, 0.05) is 30.7 Å². The number of imidazole rings is 1. The molecule has 0 saturated carbocycles. The summed E-state index contributed by atoms with van der Waals surface area (Å²) in [6.45, 7) is 2.29. The summed E-state index contributed by atoms with van der Waals surface area (Å²) in [6.07, 6.45) is 11.5. The van der Waals surface area contributed by atoms with Crippen LogP contribution in [0.25, 0.3) is 11.2 Å². The van der Waals surface area contributed by atoms with Crippen LogP contribution in [0.3, 0.4) is 0 Å². The summed E-state index contributed by atoms with van der Waals surface area (Å²) >= 11 is 1.05. The first kappa shape index (κ1) is 56.4. The number of hydrogen-bond donors (Lipinski definition) is 5. The Balaban J connectivity index is 1.34. The fourth-order valence-corrected chi connectivity index (χ4v) is 9.43. The first-order chi connectivity index (χ1) is 30.6. The number of nitrogens with two attached hydrogens (primary N) is 1. The summed E-state index contributed by atoms with van der Waals surface area (Å²) < 4.78 is 60.7. The van der Waals surface area contributed by atoms with Gasteiger partial charge in [0.05, 0.1) is 27.4 Å². The maximum absolute atomic E-state index is 12.6. The second-order valence-corrected chi connectivity index (χ2v) is 20.7. The van der Waals surface area contributed by atoms with Crippen LogP contribution in [0.2, 0.25) is 0 Å². The molecule has 24 nitrogen and oxygen atoms in total. The average molecular weight is 998 g/mol. The molecule has 2 unspecified atom stereocenters. The van der Waals surface area contributed by atoms with Crippen LogP contribution in [0.4, 0.5) is 5.82 Å². The third-order valence-electron chi connectivity index (χ3n) is 9.61. The van der Waals surface area contributed by atoms with E-state index in [1.54, 1.807) is 0 Å². The minimum absolute atomic E-state index is 0.0205. The average Bonchev–Trinajstić information content (AvgIpc) is 3.79. The molecule has 1 saturated heterocycles. The molecule has 7 atom stereocenters. The highest BCUT2D eigenvalue weighted by Gasteiger charge is 2.47. The summed E-state index contributed by atoms with van der Waals surface area (Å²) in [6, 6.07) is 0. The summed E-state index contributed by atoms with van der Waals surface area (Å²) in [5.41, 5.74) is 4.08. The van der Waals surface area contributed by atoms with Crippen LogP contribution in [0.15, 0.2) is 37.0 Å². The van der Waals surface area contributed by atoms with Crippen molar-refractivity contribution in [2.75, 3.05) is 37.8 Å². The maximum Gasteiger partial charge on any atom is 0.274 e. The fourth-order valence-electron chi connectivity index (χ4n) is 6.10. The quantitative estimate of drug-likeness (QED) is 0.0306. The topological polar surface area (TPSA) is 375 Å². The van der Waals surface area contributed by atoms with Gasteiger partial charge in [0.2, 0.25) is 16.9 Å². The van der Waals surface area contributed by atoms with Crippen molar-refractivity contribution in [1.82, 2.24) is 30.2 Å². The van der Waals surface area contributed by atoms with E-state index in [2.05, 4.69) is 62.5 Å². The number of anilines is 1. The number of nitrogen functional groups attached to an aromatic ring is 1. The Bertz CT molecular complexity index is 2050. The number of carbonyl (C=O) groups excluding carboxylic acids is 3. The van der Waals surface area contributed by atoms with Crippen LogP contribution < -0.4 is 35.9 Å². The van der Waals surface area contributed by atoms with Crippen molar-refractivity contribution in [2.24, 2.45) is 5.41 Å². The number of nitrogens with zero attached hydrogens (tertiary/aromatic N) is 4. The van der Waals surface area contributed by atoms with E-state index in [0.29, 0.717) is 5.75 Å². The Hall–Kier alpha value is -2.96. The number of phosphoric ester groups is 3. The normalized spacial score (nSPS) is 20.6. The fraction of sp³-hybridized carbons (Fsp3) is 0.676. The first-order valence-electron chi connectivity index (χ1n) is 20.9. The van der Waals surface area contributed by atoms with E-state index < -0.39 is 84.6 Å². The molecule has 3 heterocycles. The van der Waals surface area contributed by atoms with Gasteiger partial charge in [-0.1, -0.05) is 82.9 Å². The molecule has 1 fully saturated rings. The molecule has 0 bridgehead atoms. The molecule has 2 aromatic heterocycles. The molecule has 1 aliphatic rings. The third-order valence-corrected chi connectivity index (χ3v) is 13.4. The standard InChI is InChI=1S/C37H62N7O17P3S/c1-4-5-6-7-8-9-10-11-12-13-14-15-16-17-28(46)65-21-20-39-27(45)18-19-40-35(49)32(48)37(2,3)23-58-64(55,56)61-63(53,54)57-22-26-31(60-62(50,51)52)30(47)36(59-26)44-25-43-29-33(38)41-24-42-34(29)44/h7-8,16-17,24-26,30-32,36,47-48H,4-6,9-15,18-23H2,1-3H3,(H,39,45)(H,40,49)(H,53,54)(H,55,56)(H2,38,41,42)(H2,50,51,52)/p-4/b8-7-,17-16+/t26-,30-,31-,32+,36-/m1/s1. The molecule has 368 valence electrons. The number of carbonyl (C=O) groups is 3. The summed E-state index contributed by atoms with van der Waals surface area (Å²) in [4.78, 5) is 96.6. The van der Waals surface area contributed by atoms with E-state index in [-0.39, 0.29) is 41.6 Å². The highest BCUT2D eigenvalue weighted by Crippen LogP contribution is 2.56. The second kappa shape index (κ2) is 27.1. The molecule has 3 rings (SSSR count). The van der Waals surface area contributed by atoms with Gasteiger partial charge in [0.15, 0.2) is 17.7 Å². The van der Waals surface area contributed by atoms with E-state index in [0.717, 1.165) is 67.5 Å². The highest BCUT2D eigenvalue weighted by atomic mass is 32.2. The van der Waals surface area contributed by atoms with Crippen molar-refractivity contribution in [3.05, 3.63) is 37.0 Å². The highest BCUT2D eigenvalue weighted by molar-refractivity contribution is 8.14. The number of phosphoric acid groups is 3. The predicted molar refractivity (Wildman–Crippen MR) is 228 cm³/mol. The zero-order valence-corrected chi connectivity index (χ0v) is 39.8. The molecule has 2 aromatic rings. The minimum atomic E-state index is -5.92. The molecule has 1 aliphatic heterocycles. The predicted octanol–water partition coefficient (Wildman–Crippen LogP) is 1.17. The monoisotopic (exact) mass is 997 g/mol. The summed E-state index contributed by atoms with van der Waals surface area (Å²) in [5.74, 6) is -1.22. The van der Waals surface area contributed by atoms with Gasteiger partial charge in [-0.05, 0) is 38.2 Å². The van der Waals surface area contributed by atoms with E-state index in [4.69, 9.17) is 10.5 Å². The summed E-state index contributed by atoms with van der Waals surface area (Å²) in [7, 11) is -17.6. The number of nitrogens with one attached hydrogen (secondary N) is 2. The van der Waals surface area contributed by atoms with Gasteiger partial charge in [-0.3, -0.25) is 28.1 Å². The van der Waals surface area contributed by atoms with Gasteiger partial charge in [-0.25, -0.2) is 19.3 Å². The number of unbranched alkanes of at least 4 members (excludes halogenated alkanes) is 8. The number of allylic oxidation sites excluding steroid dienone is 3. The molecular formula is C37H58N7O17P3S-4. The maximum atomic E-state index is 12.6. The van der Waals surface area contributed by atoms with Gasteiger partial charge in [-0.2, -0.15) is 0 Å². The van der Waals surface area contributed by atoms with Crippen molar-refractivity contribution >= 4 is 69.1 Å². The van der Waals surface area contributed by atoms with Gasteiger partial charge >= 0.3 is 0 Å². The molecule has 0 aliphatic carbocycles. The molecule has 0 spiro atoms. The van der Waals surface area contributed by atoms with Crippen LogP contribution in [0.5, 0.6) is 0 Å². The van der Waals surface area contributed by atoms with Crippen molar-refractivity contribution in [2.45, 2.75) is 122 Å². The first-order valence-corrected chi connectivity index (χ1v) is 26.2. The molecule has 6 N–H and O–H groups in total. The number of aliphatic hydroxyl groups is 2. The van der Waals surface area contributed by atoms with E-state index in [1.165, 1.54) is 45.6 Å². The van der Waals surface area contributed by atoms with Gasteiger partial charge < -0.3 is 69.0 Å². The number of fused-ring (bicyclic) bond motifs is 1. The van der Waals surface area contributed by atoms with E-state index in [9.17, 15) is 57.9 Å². The van der Waals surface area contributed by atoms with Gasteiger partial charge in [-0.15, -0.1) is 0 Å². The number of hydrogen-bond acceptors (Lipinski definition) is 22. The number of aromatic nitrogens is 4. The molecule has 0 radical (unpaired) electrons. The lowest BCUT2D eigenvalue weighted by Gasteiger charge is -2.36. The van der Waals surface area contributed by atoms with Gasteiger partial charge in [0.25, 0.3) is 15.6 Å². The lowest BCUT2D eigenvalue weighted by molar-refractivity contribution is -0.347.